The molecule has 22 heavy (non-hydrogen) atoms. The highest BCUT2D eigenvalue weighted by Crippen LogP contribution is 2.39. The molecule has 1 aliphatic heterocycles. The highest BCUT2D eigenvalue weighted by molar-refractivity contribution is 5.95. The SMILES string of the molecule is COc1cc(C(=O)NCC2CNC2)cc(OC)c1OC(F)F. The van der Waals surface area contributed by atoms with E-state index in [2.05, 4.69) is 15.4 Å². The first-order valence-electron chi connectivity index (χ1n) is 6.75. The highest BCUT2D eigenvalue weighted by atomic mass is 19.3. The van der Waals surface area contributed by atoms with Crippen LogP contribution in [0.15, 0.2) is 12.1 Å². The number of hydrogen-bond donors (Lipinski definition) is 2. The van der Waals surface area contributed by atoms with E-state index in [-0.39, 0.29) is 28.7 Å². The monoisotopic (exact) mass is 316 g/mol. The van der Waals surface area contributed by atoms with Crippen LogP contribution < -0.4 is 24.8 Å². The standard InChI is InChI=1S/C14H18F2N2O4/c1-20-10-3-9(13(19)18-7-8-5-17-6-8)4-11(21-2)12(10)22-14(15)16/h3-4,8,14,17H,5-7H2,1-2H3,(H,18,19). The number of alkyl halides is 2. The van der Waals surface area contributed by atoms with Crippen molar-refractivity contribution in [2.45, 2.75) is 6.61 Å². The summed E-state index contributed by atoms with van der Waals surface area (Å²) in [5, 5.41) is 5.89. The smallest absolute Gasteiger partial charge is 0.387 e. The zero-order valence-corrected chi connectivity index (χ0v) is 12.3. The van der Waals surface area contributed by atoms with Crippen LogP contribution in [0.2, 0.25) is 0 Å². The van der Waals surface area contributed by atoms with Gasteiger partial charge in [0.2, 0.25) is 5.75 Å². The van der Waals surface area contributed by atoms with Crippen molar-refractivity contribution in [3.8, 4) is 17.2 Å². The van der Waals surface area contributed by atoms with E-state index in [1.165, 1.54) is 26.4 Å². The molecule has 1 aromatic rings. The second kappa shape index (κ2) is 7.26. The first-order chi connectivity index (χ1) is 10.5. The molecular formula is C14H18F2N2O4. The zero-order chi connectivity index (χ0) is 16.1. The Morgan fingerprint density at radius 2 is 1.91 bits per heavy atom. The van der Waals surface area contributed by atoms with Crippen molar-refractivity contribution < 1.29 is 27.8 Å². The van der Waals surface area contributed by atoms with E-state index in [1.807, 2.05) is 0 Å². The Kier molecular flexibility index (Phi) is 5.37. The Morgan fingerprint density at radius 1 is 1.32 bits per heavy atom. The molecule has 1 amide bonds. The highest BCUT2D eigenvalue weighted by Gasteiger charge is 2.22. The molecule has 1 heterocycles. The number of nitrogens with one attached hydrogen (secondary N) is 2. The summed E-state index contributed by atoms with van der Waals surface area (Å²) in [5.74, 6) is -0.133. The number of ether oxygens (including phenoxy) is 3. The third-order valence-corrected chi connectivity index (χ3v) is 3.35. The number of hydrogen-bond acceptors (Lipinski definition) is 5. The van der Waals surface area contributed by atoms with Crippen LogP contribution in [0, 0.1) is 5.92 Å². The number of rotatable bonds is 7. The second-order valence-corrected chi connectivity index (χ2v) is 4.82. The van der Waals surface area contributed by atoms with Crippen LogP contribution >= 0.6 is 0 Å². The van der Waals surface area contributed by atoms with Gasteiger partial charge in [-0.3, -0.25) is 4.79 Å². The predicted molar refractivity (Wildman–Crippen MR) is 74.9 cm³/mol. The second-order valence-electron chi connectivity index (χ2n) is 4.82. The number of methoxy groups -OCH3 is 2. The maximum absolute atomic E-state index is 12.4. The van der Waals surface area contributed by atoms with Gasteiger partial charge >= 0.3 is 6.61 Å². The van der Waals surface area contributed by atoms with E-state index in [4.69, 9.17) is 9.47 Å². The van der Waals surface area contributed by atoms with Gasteiger partial charge < -0.3 is 24.8 Å². The summed E-state index contributed by atoms with van der Waals surface area (Å²) in [4.78, 5) is 12.1. The van der Waals surface area contributed by atoms with Gasteiger partial charge in [-0.2, -0.15) is 8.78 Å². The lowest BCUT2D eigenvalue weighted by molar-refractivity contribution is -0.0526. The molecule has 6 nitrogen and oxygen atoms in total. The maximum Gasteiger partial charge on any atom is 0.387 e. The number of benzene rings is 1. The van der Waals surface area contributed by atoms with Gasteiger partial charge in [-0.1, -0.05) is 0 Å². The van der Waals surface area contributed by atoms with E-state index in [0.717, 1.165) is 13.1 Å². The van der Waals surface area contributed by atoms with Crippen LogP contribution in [0.4, 0.5) is 8.78 Å². The molecule has 1 fully saturated rings. The molecule has 8 heteroatoms. The lowest BCUT2D eigenvalue weighted by Crippen LogP contribution is -2.48. The summed E-state index contributed by atoms with van der Waals surface area (Å²) < 4.78 is 39.3. The average molecular weight is 316 g/mol. The van der Waals surface area contributed by atoms with Crippen LogP contribution in [-0.4, -0.2) is 46.4 Å². The lowest BCUT2D eigenvalue weighted by atomic mass is 10.0. The van der Waals surface area contributed by atoms with Crippen molar-refractivity contribution in [2.75, 3.05) is 33.9 Å². The van der Waals surface area contributed by atoms with Gasteiger partial charge in [-0.05, 0) is 12.1 Å². The molecule has 0 atom stereocenters. The minimum absolute atomic E-state index is 0.00936. The minimum atomic E-state index is -3.02. The number of carbonyl (C=O) groups excluding carboxylic acids is 1. The summed E-state index contributed by atoms with van der Waals surface area (Å²) >= 11 is 0. The first kappa shape index (κ1) is 16.3. The molecule has 0 aliphatic carbocycles. The fourth-order valence-electron chi connectivity index (χ4n) is 2.05. The summed E-state index contributed by atoms with van der Waals surface area (Å²) in [6, 6.07) is 2.68. The Balaban J connectivity index is 2.18. The molecule has 0 saturated carbocycles. The minimum Gasteiger partial charge on any atom is -0.493 e. The molecule has 2 rings (SSSR count). The van der Waals surface area contributed by atoms with E-state index in [0.29, 0.717) is 12.5 Å². The third-order valence-electron chi connectivity index (χ3n) is 3.35. The molecule has 1 aromatic carbocycles. The van der Waals surface area contributed by atoms with Gasteiger partial charge in [0.05, 0.1) is 14.2 Å². The summed E-state index contributed by atoms with van der Waals surface area (Å²) in [6.07, 6.45) is 0. The van der Waals surface area contributed by atoms with E-state index < -0.39 is 6.61 Å². The Hall–Kier alpha value is -2.09. The van der Waals surface area contributed by atoms with Crippen molar-refractivity contribution in [1.82, 2.24) is 10.6 Å². The van der Waals surface area contributed by atoms with Crippen LogP contribution in [-0.2, 0) is 0 Å². The molecule has 0 aromatic heterocycles. The Bertz CT molecular complexity index is 511. The quantitative estimate of drug-likeness (QED) is 0.792. The predicted octanol–water partition coefficient (Wildman–Crippen LogP) is 1.25. The van der Waals surface area contributed by atoms with Crippen LogP contribution in [0.5, 0.6) is 17.2 Å². The normalized spacial score (nSPS) is 14.4. The number of carbonyl (C=O) groups is 1. The molecule has 0 spiro atoms. The lowest BCUT2D eigenvalue weighted by Gasteiger charge is -2.27. The summed E-state index contributed by atoms with van der Waals surface area (Å²) in [6.45, 7) is -0.734. The molecule has 0 bridgehead atoms. The van der Waals surface area contributed by atoms with Crippen molar-refractivity contribution >= 4 is 5.91 Å². The van der Waals surface area contributed by atoms with Gasteiger partial charge in [0.1, 0.15) is 0 Å². The van der Waals surface area contributed by atoms with E-state index in [9.17, 15) is 13.6 Å². The average Bonchev–Trinajstić information content (AvgIpc) is 2.44. The van der Waals surface area contributed by atoms with Gasteiger partial charge in [-0.15, -0.1) is 0 Å². The summed E-state index contributed by atoms with van der Waals surface area (Å²) in [7, 11) is 2.60. The van der Waals surface area contributed by atoms with Gasteiger partial charge in [-0.25, -0.2) is 0 Å². The molecule has 0 radical (unpaired) electrons. The Labute approximate surface area is 126 Å². The van der Waals surface area contributed by atoms with Crippen molar-refractivity contribution in [2.24, 2.45) is 5.92 Å². The first-order valence-corrected chi connectivity index (χ1v) is 6.75. The van der Waals surface area contributed by atoms with Crippen LogP contribution in [0.25, 0.3) is 0 Å². The van der Waals surface area contributed by atoms with Crippen molar-refractivity contribution in [3.05, 3.63) is 17.7 Å². The molecule has 0 unspecified atom stereocenters. The fourth-order valence-corrected chi connectivity index (χ4v) is 2.05. The summed E-state index contributed by atoms with van der Waals surface area (Å²) in [5.41, 5.74) is 0.252. The topological polar surface area (TPSA) is 68.8 Å². The van der Waals surface area contributed by atoms with Gasteiger partial charge in [0, 0.05) is 31.1 Å². The zero-order valence-electron chi connectivity index (χ0n) is 12.3. The number of halogens is 2. The maximum atomic E-state index is 12.4. The fraction of sp³-hybridized carbons (Fsp3) is 0.500. The Morgan fingerprint density at radius 3 is 2.32 bits per heavy atom. The molecular weight excluding hydrogens is 298 g/mol. The third kappa shape index (κ3) is 3.76. The molecule has 1 saturated heterocycles. The van der Waals surface area contributed by atoms with Crippen LogP contribution in [0.3, 0.4) is 0 Å². The van der Waals surface area contributed by atoms with Crippen molar-refractivity contribution in [1.29, 1.82) is 0 Å². The number of amides is 1. The molecule has 2 N–H and O–H groups in total. The van der Waals surface area contributed by atoms with Gasteiger partial charge in [0.25, 0.3) is 5.91 Å². The molecule has 1 aliphatic rings. The van der Waals surface area contributed by atoms with Crippen LogP contribution in [0.1, 0.15) is 10.4 Å². The van der Waals surface area contributed by atoms with E-state index >= 15 is 0 Å². The van der Waals surface area contributed by atoms with E-state index in [1.54, 1.807) is 0 Å². The molecule has 122 valence electrons. The van der Waals surface area contributed by atoms with Crippen molar-refractivity contribution in [3.63, 3.8) is 0 Å². The largest absolute Gasteiger partial charge is 0.493 e. The van der Waals surface area contributed by atoms with Gasteiger partial charge in [0.15, 0.2) is 11.5 Å².